The number of carbonyl (C=O) groups excluding carboxylic acids is 2. The number of benzene rings is 2. The molecule has 94 valence electrons. The second-order valence-electron chi connectivity index (χ2n) is 4.68. The molecule has 0 heterocycles. The highest BCUT2D eigenvalue weighted by molar-refractivity contribution is 6.29. The van der Waals surface area contributed by atoms with Crippen LogP contribution in [0.4, 0.5) is 4.39 Å². The first kappa shape index (κ1) is 11.8. The molecule has 2 aromatic rings. The molecule has 3 rings (SSSR count). The van der Waals surface area contributed by atoms with Gasteiger partial charge < -0.3 is 0 Å². The van der Waals surface area contributed by atoms with Gasteiger partial charge in [0, 0.05) is 16.7 Å². The normalized spacial score (nSPS) is 14.8. The maximum Gasteiger partial charge on any atom is 0.178 e. The van der Waals surface area contributed by atoms with E-state index in [2.05, 4.69) is 0 Å². The molecule has 0 radical (unpaired) electrons. The average Bonchev–Trinajstić information content (AvgIpc) is 2.64. The van der Waals surface area contributed by atoms with Crippen LogP contribution in [0.25, 0.3) is 0 Å². The Morgan fingerprint density at radius 2 is 1.47 bits per heavy atom. The Balaban J connectivity index is 2.20. The van der Waals surface area contributed by atoms with Crippen molar-refractivity contribution < 1.29 is 14.0 Å². The Labute approximate surface area is 109 Å². The van der Waals surface area contributed by atoms with Gasteiger partial charge in [0.15, 0.2) is 11.6 Å². The molecule has 0 atom stereocenters. The summed E-state index contributed by atoms with van der Waals surface area (Å²) < 4.78 is 14.0. The smallest absolute Gasteiger partial charge is 0.178 e. The zero-order valence-corrected chi connectivity index (χ0v) is 10.3. The fourth-order valence-electron chi connectivity index (χ4n) is 2.62. The Bertz CT molecular complexity index is 648. The molecule has 0 bridgehead atoms. The van der Waals surface area contributed by atoms with Gasteiger partial charge in [0.05, 0.1) is 0 Å². The van der Waals surface area contributed by atoms with Crippen LogP contribution in [-0.4, -0.2) is 11.6 Å². The maximum atomic E-state index is 14.0. The number of fused-ring (bicyclic) bond motifs is 1. The fraction of sp³-hybridized carbons (Fsp3) is 0.125. The van der Waals surface area contributed by atoms with Gasteiger partial charge in [-0.25, -0.2) is 4.39 Å². The third-order valence-corrected chi connectivity index (χ3v) is 3.54. The van der Waals surface area contributed by atoms with Gasteiger partial charge in [-0.15, -0.1) is 0 Å². The highest BCUT2D eigenvalue weighted by Gasteiger charge is 2.41. The van der Waals surface area contributed by atoms with Crippen LogP contribution in [0.15, 0.2) is 42.5 Å². The molecule has 2 nitrogen and oxygen atoms in total. The largest absolute Gasteiger partial charge is 0.293 e. The monoisotopic (exact) mass is 254 g/mol. The summed E-state index contributed by atoms with van der Waals surface area (Å²) in [6.07, 6.45) is 0. The van der Waals surface area contributed by atoms with Crippen molar-refractivity contribution in [1.82, 2.24) is 0 Å². The van der Waals surface area contributed by atoms with Gasteiger partial charge in [0.2, 0.25) is 0 Å². The quantitative estimate of drug-likeness (QED) is 0.732. The van der Waals surface area contributed by atoms with Crippen LogP contribution < -0.4 is 0 Å². The lowest BCUT2D eigenvalue weighted by atomic mass is 9.90. The average molecular weight is 254 g/mol. The van der Waals surface area contributed by atoms with E-state index in [9.17, 15) is 14.0 Å². The second-order valence-corrected chi connectivity index (χ2v) is 4.68. The summed E-state index contributed by atoms with van der Waals surface area (Å²) in [5.74, 6) is -2.15. The number of hydrogen-bond donors (Lipinski definition) is 0. The Morgan fingerprint density at radius 3 is 2.00 bits per heavy atom. The minimum absolute atomic E-state index is 0.202. The van der Waals surface area contributed by atoms with Gasteiger partial charge in [-0.2, -0.15) is 0 Å². The molecule has 0 aliphatic heterocycles. The molecule has 0 unspecified atom stereocenters. The van der Waals surface area contributed by atoms with E-state index in [0.29, 0.717) is 16.7 Å². The number of Topliss-reactive ketones (excluding diaryl/α,β-unsaturated/α-hetero) is 2. The van der Waals surface area contributed by atoms with Gasteiger partial charge in [-0.05, 0) is 18.6 Å². The Hall–Kier alpha value is -2.29. The van der Waals surface area contributed by atoms with E-state index in [1.807, 2.05) is 0 Å². The fourth-order valence-corrected chi connectivity index (χ4v) is 2.62. The number of hydrogen-bond acceptors (Lipinski definition) is 2. The van der Waals surface area contributed by atoms with Crippen molar-refractivity contribution >= 4 is 11.6 Å². The molecule has 0 amide bonds. The molecule has 1 aliphatic carbocycles. The molecule has 3 heteroatoms. The molecule has 1 aliphatic rings. The SMILES string of the molecule is Cc1cccc(F)c1C1C(=O)c2ccccc2C1=O. The molecule has 2 aromatic carbocycles. The summed E-state index contributed by atoms with van der Waals surface area (Å²) in [5.41, 5.74) is 1.61. The van der Waals surface area contributed by atoms with Crippen LogP contribution in [0.2, 0.25) is 0 Å². The lowest BCUT2D eigenvalue weighted by Crippen LogP contribution is -2.16. The van der Waals surface area contributed by atoms with E-state index >= 15 is 0 Å². The third kappa shape index (κ3) is 1.62. The van der Waals surface area contributed by atoms with E-state index < -0.39 is 11.7 Å². The van der Waals surface area contributed by atoms with Gasteiger partial charge in [-0.1, -0.05) is 36.4 Å². The van der Waals surface area contributed by atoms with Crippen LogP contribution >= 0.6 is 0 Å². The van der Waals surface area contributed by atoms with E-state index in [1.54, 1.807) is 43.3 Å². The van der Waals surface area contributed by atoms with Gasteiger partial charge in [0.25, 0.3) is 0 Å². The topological polar surface area (TPSA) is 34.1 Å². The minimum atomic E-state index is -1.03. The van der Waals surface area contributed by atoms with Crippen molar-refractivity contribution in [2.45, 2.75) is 12.8 Å². The number of carbonyl (C=O) groups is 2. The van der Waals surface area contributed by atoms with Crippen molar-refractivity contribution in [3.8, 4) is 0 Å². The predicted molar refractivity (Wildman–Crippen MR) is 69.0 cm³/mol. The van der Waals surface area contributed by atoms with E-state index in [-0.39, 0.29) is 17.1 Å². The lowest BCUT2D eigenvalue weighted by Gasteiger charge is -2.11. The summed E-state index contributed by atoms with van der Waals surface area (Å²) in [6, 6.07) is 11.2. The van der Waals surface area contributed by atoms with E-state index in [1.165, 1.54) is 6.07 Å². The van der Waals surface area contributed by atoms with Crippen LogP contribution in [-0.2, 0) is 0 Å². The molecular weight excluding hydrogens is 243 g/mol. The predicted octanol–water partition coefficient (Wildman–Crippen LogP) is 3.30. The molecule has 0 saturated carbocycles. The van der Waals surface area contributed by atoms with Crippen LogP contribution in [0.3, 0.4) is 0 Å². The number of rotatable bonds is 1. The summed E-state index contributed by atoms with van der Waals surface area (Å²) in [7, 11) is 0. The zero-order valence-electron chi connectivity index (χ0n) is 10.3. The van der Waals surface area contributed by atoms with Gasteiger partial charge in [-0.3, -0.25) is 9.59 Å². The van der Waals surface area contributed by atoms with Crippen LogP contribution in [0.5, 0.6) is 0 Å². The highest BCUT2D eigenvalue weighted by Crippen LogP contribution is 2.36. The van der Waals surface area contributed by atoms with Gasteiger partial charge >= 0.3 is 0 Å². The summed E-state index contributed by atoms with van der Waals surface area (Å²) in [4.78, 5) is 24.6. The molecular formula is C16H11FO2. The van der Waals surface area contributed by atoms with Crippen LogP contribution in [0, 0.1) is 12.7 Å². The number of halogens is 1. The minimum Gasteiger partial charge on any atom is -0.293 e. The van der Waals surface area contributed by atoms with Crippen molar-refractivity contribution in [3.05, 3.63) is 70.5 Å². The molecule has 0 saturated heterocycles. The highest BCUT2D eigenvalue weighted by atomic mass is 19.1. The maximum absolute atomic E-state index is 14.0. The summed E-state index contributed by atoms with van der Waals surface area (Å²) in [5, 5.41) is 0. The first-order chi connectivity index (χ1) is 9.11. The molecule has 0 aromatic heterocycles. The molecule has 0 N–H and O–H groups in total. The van der Waals surface area contributed by atoms with Crippen molar-refractivity contribution in [2.75, 3.05) is 0 Å². The van der Waals surface area contributed by atoms with Crippen molar-refractivity contribution in [1.29, 1.82) is 0 Å². The third-order valence-electron chi connectivity index (χ3n) is 3.54. The van der Waals surface area contributed by atoms with E-state index in [4.69, 9.17) is 0 Å². The molecule has 0 spiro atoms. The van der Waals surface area contributed by atoms with Gasteiger partial charge in [0.1, 0.15) is 11.7 Å². The second kappa shape index (κ2) is 4.12. The molecule has 0 fully saturated rings. The summed E-state index contributed by atoms with van der Waals surface area (Å²) >= 11 is 0. The Morgan fingerprint density at radius 1 is 0.895 bits per heavy atom. The standard InChI is InChI=1S/C16H11FO2/c1-9-5-4-8-12(17)13(9)14-15(18)10-6-2-3-7-11(10)16(14)19/h2-8,14H,1H3. The summed E-state index contributed by atoms with van der Waals surface area (Å²) in [6.45, 7) is 1.71. The number of ketones is 2. The van der Waals surface area contributed by atoms with E-state index in [0.717, 1.165) is 0 Å². The lowest BCUT2D eigenvalue weighted by molar-refractivity contribution is 0.0887. The number of aryl methyl sites for hydroxylation is 1. The van der Waals surface area contributed by atoms with Crippen molar-refractivity contribution in [3.63, 3.8) is 0 Å². The van der Waals surface area contributed by atoms with Crippen LogP contribution in [0.1, 0.15) is 37.8 Å². The first-order valence-electron chi connectivity index (χ1n) is 6.03. The Kier molecular flexibility index (Phi) is 2.56. The molecule has 19 heavy (non-hydrogen) atoms. The zero-order chi connectivity index (χ0) is 13.6. The first-order valence-corrected chi connectivity index (χ1v) is 6.03. The van der Waals surface area contributed by atoms with Crippen molar-refractivity contribution in [2.24, 2.45) is 0 Å².